The summed E-state index contributed by atoms with van der Waals surface area (Å²) in [6.07, 6.45) is 0.811. The minimum Gasteiger partial charge on any atom is -0.358 e. The van der Waals surface area contributed by atoms with Crippen LogP contribution in [0.15, 0.2) is 24.4 Å². The molecule has 1 aromatic heterocycles. The van der Waals surface area contributed by atoms with Gasteiger partial charge >= 0.3 is 5.82 Å². The van der Waals surface area contributed by atoms with Crippen LogP contribution in [0, 0.1) is 21.7 Å². The molecule has 2 rings (SSSR count). The van der Waals surface area contributed by atoms with Gasteiger partial charge in [-0.25, -0.2) is 8.78 Å². The lowest BCUT2D eigenvalue weighted by molar-refractivity contribution is -0.389. The highest BCUT2D eigenvalue weighted by Gasteiger charge is 2.19. The monoisotopic (exact) mass is 226 g/mol. The molecule has 0 saturated heterocycles. The van der Waals surface area contributed by atoms with Crippen molar-refractivity contribution in [3.05, 3.63) is 46.1 Å². The highest BCUT2D eigenvalue weighted by molar-refractivity contribution is 5.33. The van der Waals surface area contributed by atoms with E-state index in [1.165, 1.54) is 6.07 Å². The highest BCUT2D eigenvalue weighted by Crippen LogP contribution is 2.16. The number of para-hydroxylation sites is 1. The normalized spacial score (nSPS) is 10.4. The molecule has 0 fully saturated rings. The third-order valence-electron chi connectivity index (χ3n) is 1.80. The Morgan fingerprint density at radius 2 is 1.94 bits per heavy atom. The van der Waals surface area contributed by atoms with Crippen molar-refractivity contribution in [3.63, 3.8) is 0 Å². The molecule has 8 heteroatoms. The van der Waals surface area contributed by atoms with E-state index in [2.05, 4.69) is 10.2 Å². The topological polar surface area (TPSA) is 73.8 Å². The van der Waals surface area contributed by atoms with Crippen LogP contribution in [0.25, 0.3) is 5.69 Å². The van der Waals surface area contributed by atoms with Crippen molar-refractivity contribution in [2.75, 3.05) is 0 Å². The van der Waals surface area contributed by atoms with E-state index < -0.39 is 28.1 Å². The maximum absolute atomic E-state index is 13.2. The third-order valence-corrected chi connectivity index (χ3v) is 1.80. The zero-order valence-corrected chi connectivity index (χ0v) is 7.67. The molecule has 0 spiro atoms. The lowest BCUT2D eigenvalue weighted by Gasteiger charge is -1.98. The molecular formula is C8H4F2N4O2. The Morgan fingerprint density at radius 1 is 1.31 bits per heavy atom. The standard InChI is InChI=1S/C8H4F2N4O2/c9-5-2-1-3-6(10)8(5)13-11-4-7(12-13)14(15)16/h1-4H. The van der Waals surface area contributed by atoms with Crippen molar-refractivity contribution in [2.45, 2.75) is 0 Å². The average molecular weight is 226 g/mol. The second kappa shape index (κ2) is 3.65. The molecule has 0 N–H and O–H groups in total. The minimum absolute atomic E-state index is 0.544. The van der Waals surface area contributed by atoms with Crippen molar-refractivity contribution in [3.8, 4) is 5.69 Å². The van der Waals surface area contributed by atoms with Crippen molar-refractivity contribution in [1.29, 1.82) is 0 Å². The van der Waals surface area contributed by atoms with Crippen LogP contribution >= 0.6 is 0 Å². The van der Waals surface area contributed by atoms with E-state index in [0.717, 1.165) is 18.3 Å². The molecule has 1 heterocycles. The van der Waals surface area contributed by atoms with Gasteiger partial charge in [0.2, 0.25) is 0 Å². The molecule has 1 aromatic carbocycles. The van der Waals surface area contributed by atoms with Gasteiger partial charge < -0.3 is 10.1 Å². The summed E-state index contributed by atoms with van der Waals surface area (Å²) in [5.74, 6) is -2.38. The summed E-state index contributed by atoms with van der Waals surface area (Å²) >= 11 is 0. The fourth-order valence-electron chi connectivity index (χ4n) is 1.13. The number of hydrogen-bond acceptors (Lipinski definition) is 4. The number of nitro groups is 1. The SMILES string of the molecule is O=[N+]([O-])c1cnn(-c2c(F)cccc2F)n1. The van der Waals surface area contributed by atoms with Gasteiger partial charge in [-0.05, 0) is 21.9 Å². The van der Waals surface area contributed by atoms with Gasteiger partial charge in [-0.2, -0.15) is 0 Å². The Hall–Kier alpha value is -2.38. The van der Waals surface area contributed by atoms with E-state index in [4.69, 9.17) is 0 Å². The largest absolute Gasteiger partial charge is 0.410 e. The van der Waals surface area contributed by atoms with Gasteiger partial charge in [-0.15, -0.1) is 5.10 Å². The number of halogens is 2. The first-order valence-corrected chi connectivity index (χ1v) is 4.10. The molecule has 0 atom stereocenters. The summed E-state index contributed by atoms with van der Waals surface area (Å²) in [6.45, 7) is 0. The second-order valence-corrected chi connectivity index (χ2v) is 2.82. The van der Waals surface area contributed by atoms with E-state index in [0.29, 0.717) is 4.80 Å². The zero-order chi connectivity index (χ0) is 11.7. The van der Waals surface area contributed by atoms with E-state index in [9.17, 15) is 18.9 Å². The number of nitrogens with zero attached hydrogens (tertiary/aromatic N) is 4. The Bertz CT molecular complexity index is 534. The number of benzene rings is 1. The second-order valence-electron chi connectivity index (χ2n) is 2.82. The molecule has 0 radical (unpaired) electrons. The summed E-state index contributed by atoms with van der Waals surface area (Å²) in [4.78, 5) is 10.1. The molecule has 2 aromatic rings. The maximum Gasteiger partial charge on any atom is 0.410 e. The fraction of sp³-hybridized carbons (Fsp3) is 0. The number of hydrogen-bond donors (Lipinski definition) is 0. The summed E-state index contributed by atoms with van der Waals surface area (Å²) in [5, 5.41) is 17.1. The highest BCUT2D eigenvalue weighted by atomic mass is 19.1. The van der Waals surface area contributed by atoms with Crippen LogP contribution in [0.2, 0.25) is 0 Å². The Morgan fingerprint density at radius 3 is 2.44 bits per heavy atom. The molecular weight excluding hydrogens is 222 g/mol. The number of rotatable bonds is 2. The van der Waals surface area contributed by atoms with Gasteiger partial charge in [0, 0.05) is 0 Å². The lowest BCUT2D eigenvalue weighted by atomic mass is 10.3. The average Bonchev–Trinajstić information content (AvgIpc) is 2.66. The Balaban J connectivity index is 2.54. The first-order chi connectivity index (χ1) is 7.59. The van der Waals surface area contributed by atoms with Gasteiger partial charge in [-0.3, -0.25) is 0 Å². The van der Waals surface area contributed by atoms with Crippen LogP contribution in [-0.4, -0.2) is 19.9 Å². The smallest absolute Gasteiger partial charge is 0.358 e. The molecule has 0 saturated carbocycles. The first kappa shape index (κ1) is 10.1. The summed E-state index contributed by atoms with van der Waals surface area (Å²) in [6, 6.07) is 3.19. The Labute approximate surface area is 87.3 Å². The van der Waals surface area contributed by atoms with Crippen molar-refractivity contribution < 1.29 is 13.7 Å². The van der Waals surface area contributed by atoms with E-state index in [1.54, 1.807) is 0 Å². The molecule has 0 unspecified atom stereocenters. The van der Waals surface area contributed by atoms with E-state index >= 15 is 0 Å². The minimum atomic E-state index is -0.898. The van der Waals surface area contributed by atoms with E-state index in [-0.39, 0.29) is 0 Å². The van der Waals surface area contributed by atoms with Crippen molar-refractivity contribution >= 4 is 5.82 Å². The van der Waals surface area contributed by atoms with Gasteiger partial charge in [0.1, 0.15) is 0 Å². The third kappa shape index (κ3) is 1.60. The zero-order valence-electron chi connectivity index (χ0n) is 7.67. The molecule has 0 aliphatic heterocycles. The molecule has 6 nitrogen and oxygen atoms in total. The quantitative estimate of drug-likeness (QED) is 0.573. The van der Waals surface area contributed by atoms with Crippen LogP contribution in [0.3, 0.4) is 0 Å². The summed E-state index contributed by atoms with van der Waals surface area (Å²) < 4.78 is 26.5. The van der Waals surface area contributed by atoms with Gasteiger partial charge in [-0.1, -0.05) is 6.07 Å². The van der Waals surface area contributed by atoms with Crippen LogP contribution in [0.4, 0.5) is 14.6 Å². The summed E-state index contributed by atoms with van der Waals surface area (Å²) in [5.41, 5.74) is -0.546. The summed E-state index contributed by atoms with van der Waals surface area (Å²) in [7, 11) is 0. The predicted octanol–water partition coefficient (Wildman–Crippen LogP) is 1.45. The van der Waals surface area contributed by atoms with Crippen LogP contribution in [-0.2, 0) is 0 Å². The Kier molecular flexibility index (Phi) is 2.31. The predicted molar refractivity (Wildman–Crippen MR) is 47.9 cm³/mol. The van der Waals surface area contributed by atoms with E-state index in [1.807, 2.05) is 0 Å². The lowest BCUT2D eigenvalue weighted by Crippen LogP contribution is -2.05. The van der Waals surface area contributed by atoms with Gasteiger partial charge in [0.25, 0.3) is 0 Å². The van der Waals surface area contributed by atoms with Gasteiger partial charge in [0.05, 0.1) is 5.10 Å². The van der Waals surface area contributed by atoms with Crippen LogP contribution in [0.1, 0.15) is 0 Å². The fourth-order valence-corrected chi connectivity index (χ4v) is 1.13. The molecule has 0 amide bonds. The number of aromatic nitrogens is 3. The van der Waals surface area contributed by atoms with Crippen molar-refractivity contribution in [1.82, 2.24) is 15.0 Å². The molecule has 16 heavy (non-hydrogen) atoms. The maximum atomic E-state index is 13.2. The van der Waals surface area contributed by atoms with Gasteiger partial charge in [0.15, 0.2) is 23.5 Å². The first-order valence-electron chi connectivity index (χ1n) is 4.10. The van der Waals surface area contributed by atoms with Crippen molar-refractivity contribution in [2.24, 2.45) is 0 Å². The molecule has 0 bridgehead atoms. The molecule has 0 aliphatic rings. The van der Waals surface area contributed by atoms with Crippen LogP contribution < -0.4 is 0 Å². The molecule has 82 valence electrons. The molecule has 0 aliphatic carbocycles. The van der Waals surface area contributed by atoms with Crippen LogP contribution in [0.5, 0.6) is 0 Å².